The molecule has 2 unspecified atom stereocenters. The van der Waals surface area contributed by atoms with Gasteiger partial charge >= 0.3 is 5.97 Å². The third-order valence-electron chi connectivity index (χ3n) is 4.84. The molecule has 2 aromatic rings. The summed E-state index contributed by atoms with van der Waals surface area (Å²) in [5.41, 5.74) is -0.0653. The Kier molecular flexibility index (Phi) is 6.50. The fourth-order valence-electron chi connectivity index (χ4n) is 3.04. The molecule has 2 N–H and O–H groups in total. The van der Waals surface area contributed by atoms with Crippen LogP contribution in [0.2, 0.25) is 0 Å². The molecule has 0 aliphatic heterocycles. The molecule has 0 spiro atoms. The van der Waals surface area contributed by atoms with Crippen molar-refractivity contribution in [1.29, 1.82) is 0 Å². The van der Waals surface area contributed by atoms with E-state index in [2.05, 4.69) is 5.32 Å². The standard InChI is InChI=1S/C21H24FNO3/c1-3-21(20(25)26,17-10-5-4-6-11-17)14-23-19(24)15(2)13-16-9-7-8-12-18(16)22/h4-12,15H,3,13-14H2,1-2H3,(H,23,24)(H,25,26). The van der Waals surface area contributed by atoms with Crippen LogP contribution in [0.3, 0.4) is 0 Å². The van der Waals surface area contributed by atoms with E-state index in [1.54, 1.807) is 56.3 Å². The highest BCUT2D eigenvalue weighted by molar-refractivity contribution is 5.84. The monoisotopic (exact) mass is 357 g/mol. The highest BCUT2D eigenvalue weighted by Crippen LogP contribution is 2.28. The SMILES string of the molecule is CCC(CNC(=O)C(C)Cc1ccccc1F)(C(=O)O)c1ccccc1. The number of rotatable bonds is 8. The Morgan fingerprint density at radius 2 is 1.73 bits per heavy atom. The Balaban J connectivity index is 2.10. The number of hydrogen-bond donors (Lipinski definition) is 2. The molecule has 1 amide bonds. The summed E-state index contributed by atoms with van der Waals surface area (Å²) in [5.74, 6) is -2.08. The summed E-state index contributed by atoms with van der Waals surface area (Å²) in [7, 11) is 0. The molecule has 0 saturated carbocycles. The zero-order valence-corrected chi connectivity index (χ0v) is 15.0. The first kappa shape index (κ1) is 19.6. The molecular weight excluding hydrogens is 333 g/mol. The van der Waals surface area contributed by atoms with Gasteiger partial charge < -0.3 is 10.4 Å². The van der Waals surface area contributed by atoms with Crippen LogP contribution in [0.1, 0.15) is 31.4 Å². The number of carbonyl (C=O) groups excluding carboxylic acids is 1. The molecule has 5 heteroatoms. The predicted molar refractivity (Wildman–Crippen MR) is 98.3 cm³/mol. The van der Waals surface area contributed by atoms with Gasteiger partial charge in [-0.25, -0.2) is 4.39 Å². The summed E-state index contributed by atoms with van der Waals surface area (Å²) in [4.78, 5) is 24.4. The normalized spacial score (nSPS) is 14.3. The summed E-state index contributed by atoms with van der Waals surface area (Å²) in [6.07, 6.45) is 0.602. The Hall–Kier alpha value is -2.69. The average Bonchev–Trinajstić information content (AvgIpc) is 2.65. The van der Waals surface area contributed by atoms with Crippen molar-refractivity contribution in [3.05, 3.63) is 71.5 Å². The number of amides is 1. The minimum Gasteiger partial charge on any atom is -0.481 e. The van der Waals surface area contributed by atoms with E-state index in [0.29, 0.717) is 17.5 Å². The maximum absolute atomic E-state index is 13.8. The molecule has 2 aromatic carbocycles. The highest BCUT2D eigenvalue weighted by atomic mass is 19.1. The smallest absolute Gasteiger partial charge is 0.315 e. The number of nitrogens with one attached hydrogen (secondary N) is 1. The number of hydrogen-bond acceptors (Lipinski definition) is 2. The molecule has 4 nitrogen and oxygen atoms in total. The fraction of sp³-hybridized carbons (Fsp3) is 0.333. The molecule has 0 bridgehead atoms. The van der Waals surface area contributed by atoms with Crippen molar-refractivity contribution in [2.45, 2.75) is 32.1 Å². The van der Waals surface area contributed by atoms with Gasteiger partial charge in [-0.1, -0.05) is 62.4 Å². The first-order valence-corrected chi connectivity index (χ1v) is 8.70. The zero-order valence-electron chi connectivity index (χ0n) is 15.0. The molecule has 2 rings (SSSR count). The maximum atomic E-state index is 13.8. The maximum Gasteiger partial charge on any atom is 0.315 e. The number of halogens is 1. The van der Waals surface area contributed by atoms with E-state index in [4.69, 9.17) is 0 Å². The van der Waals surface area contributed by atoms with Crippen LogP contribution in [-0.2, 0) is 21.4 Å². The van der Waals surface area contributed by atoms with Crippen molar-refractivity contribution < 1.29 is 19.1 Å². The molecule has 0 aliphatic carbocycles. The van der Waals surface area contributed by atoms with Crippen LogP contribution in [0.5, 0.6) is 0 Å². The molecule has 26 heavy (non-hydrogen) atoms. The minimum atomic E-state index is -1.19. The van der Waals surface area contributed by atoms with E-state index in [9.17, 15) is 19.1 Å². The van der Waals surface area contributed by atoms with Gasteiger partial charge in [-0.15, -0.1) is 0 Å². The number of carboxylic acid groups (broad SMARTS) is 1. The van der Waals surface area contributed by atoms with Gasteiger partial charge in [0, 0.05) is 12.5 Å². The highest BCUT2D eigenvalue weighted by Gasteiger charge is 2.39. The lowest BCUT2D eigenvalue weighted by Crippen LogP contribution is -2.47. The summed E-state index contributed by atoms with van der Waals surface area (Å²) >= 11 is 0. The summed E-state index contributed by atoms with van der Waals surface area (Å²) in [6.45, 7) is 3.48. The Labute approximate surface area is 153 Å². The number of aliphatic carboxylic acids is 1. The van der Waals surface area contributed by atoms with E-state index < -0.39 is 17.3 Å². The lowest BCUT2D eigenvalue weighted by atomic mass is 9.78. The van der Waals surface area contributed by atoms with Gasteiger partial charge in [0.15, 0.2) is 0 Å². The number of carboxylic acids is 1. The molecule has 0 fully saturated rings. The van der Waals surface area contributed by atoms with E-state index in [-0.39, 0.29) is 24.7 Å². The van der Waals surface area contributed by atoms with Crippen molar-refractivity contribution in [2.24, 2.45) is 5.92 Å². The number of carbonyl (C=O) groups is 2. The second-order valence-electron chi connectivity index (χ2n) is 6.52. The summed E-state index contributed by atoms with van der Waals surface area (Å²) in [6, 6.07) is 15.2. The number of benzene rings is 2. The third-order valence-corrected chi connectivity index (χ3v) is 4.84. The van der Waals surface area contributed by atoms with Crippen LogP contribution < -0.4 is 5.32 Å². The van der Waals surface area contributed by atoms with Crippen LogP contribution in [0.15, 0.2) is 54.6 Å². The summed E-state index contributed by atoms with van der Waals surface area (Å²) in [5, 5.41) is 12.6. The van der Waals surface area contributed by atoms with Crippen molar-refractivity contribution in [3.63, 3.8) is 0 Å². The lowest BCUT2D eigenvalue weighted by molar-refractivity contribution is -0.144. The van der Waals surface area contributed by atoms with Gasteiger partial charge in [-0.2, -0.15) is 0 Å². The van der Waals surface area contributed by atoms with Crippen molar-refractivity contribution in [1.82, 2.24) is 5.32 Å². The van der Waals surface area contributed by atoms with Gasteiger partial charge in [-0.3, -0.25) is 9.59 Å². The average molecular weight is 357 g/mol. The fourth-order valence-corrected chi connectivity index (χ4v) is 3.04. The Morgan fingerprint density at radius 1 is 1.12 bits per heavy atom. The van der Waals surface area contributed by atoms with Crippen LogP contribution in [0.25, 0.3) is 0 Å². The lowest BCUT2D eigenvalue weighted by Gasteiger charge is -2.29. The van der Waals surface area contributed by atoms with Crippen LogP contribution in [0.4, 0.5) is 4.39 Å². The zero-order chi connectivity index (χ0) is 19.2. The molecule has 0 heterocycles. The molecule has 2 atom stereocenters. The minimum absolute atomic E-state index is 0.0106. The first-order chi connectivity index (χ1) is 12.4. The second kappa shape index (κ2) is 8.61. The quantitative estimate of drug-likeness (QED) is 0.759. The van der Waals surface area contributed by atoms with Crippen LogP contribution in [-0.4, -0.2) is 23.5 Å². The molecule has 0 aromatic heterocycles. The van der Waals surface area contributed by atoms with Gasteiger partial charge in [0.25, 0.3) is 0 Å². The third kappa shape index (κ3) is 4.28. The van der Waals surface area contributed by atoms with Gasteiger partial charge in [0.1, 0.15) is 11.2 Å². The predicted octanol–water partition coefficient (Wildman–Crippen LogP) is 3.55. The van der Waals surface area contributed by atoms with E-state index >= 15 is 0 Å². The Bertz CT molecular complexity index is 763. The molecule has 0 aliphatic rings. The molecule has 138 valence electrons. The molecule has 0 saturated heterocycles. The topological polar surface area (TPSA) is 66.4 Å². The van der Waals surface area contributed by atoms with Crippen molar-refractivity contribution in [3.8, 4) is 0 Å². The largest absolute Gasteiger partial charge is 0.481 e. The van der Waals surface area contributed by atoms with Crippen molar-refractivity contribution in [2.75, 3.05) is 6.54 Å². The van der Waals surface area contributed by atoms with Gasteiger partial charge in [-0.05, 0) is 30.0 Å². The second-order valence-corrected chi connectivity index (χ2v) is 6.52. The van der Waals surface area contributed by atoms with E-state index in [1.807, 2.05) is 6.07 Å². The van der Waals surface area contributed by atoms with Crippen LogP contribution in [0, 0.1) is 11.7 Å². The van der Waals surface area contributed by atoms with E-state index in [1.165, 1.54) is 6.07 Å². The van der Waals surface area contributed by atoms with Crippen LogP contribution >= 0.6 is 0 Å². The summed E-state index contributed by atoms with van der Waals surface area (Å²) < 4.78 is 13.8. The Morgan fingerprint density at radius 3 is 2.31 bits per heavy atom. The molecule has 0 radical (unpaired) electrons. The first-order valence-electron chi connectivity index (χ1n) is 8.70. The molecular formula is C21H24FNO3. The van der Waals surface area contributed by atoms with Crippen molar-refractivity contribution >= 4 is 11.9 Å². The van der Waals surface area contributed by atoms with Gasteiger partial charge in [0.2, 0.25) is 5.91 Å². The van der Waals surface area contributed by atoms with Gasteiger partial charge in [0.05, 0.1) is 0 Å². The van der Waals surface area contributed by atoms with E-state index in [0.717, 1.165) is 0 Å².